The van der Waals surface area contributed by atoms with Crippen molar-refractivity contribution in [1.29, 1.82) is 0 Å². The number of aromatic nitrogens is 5. The zero-order chi connectivity index (χ0) is 22.4. The summed E-state index contributed by atoms with van der Waals surface area (Å²) < 4.78 is 28.6. The van der Waals surface area contributed by atoms with Gasteiger partial charge in [-0.25, -0.2) is 18.6 Å². The predicted octanol–water partition coefficient (Wildman–Crippen LogP) is 0.593. The Morgan fingerprint density at radius 2 is 2.09 bits per heavy atom. The average Bonchev–Trinajstić information content (AvgIpc) is 3.36. The van der Waals surface area contributed by atoms with E-state index in [0.29, 0.717) is 16.8 Å². The lowest BCUT2D eigenvalue weighted by Crippen LogP contribution is -2.22. The molecular weight excluding hydrogens is 424 g/mol. The number of rotatable bonds is 4. The van der Waals surface area contributed by atoms with E-state index in [0.717, 1.165) is 25.0 Å². The van der Waals surface area contributed by atoms with Crippen molar-refractivity contribution in [3.8, 4) is 5.88 Å². The van der Waals surface area contributed by atoms with Gasteiger partial charge in [-0.15, -0.1) is 0 Å². The SMILES string of the molecule is O=C(Nc1cc(=NC2CC2)n2nc/c(=C\c3[nH]c(=O)[nH]c3O)c2n1)c1ccc(F)cc1F. The molecule has 3 heterocycles. The van der Waals surface area contributed by atoms with E-state index in [9.17, 15) is 23.5 Å². The Morgan fingerprint density at radius 1 is 1.28 bits per heavy atom. The summed E-state index contributed by atoms with van der Waals surface area (Å²) in [6.45, 7) is 0. The molecule has 0 unspecified atom stereocenters. The Kier molecular flexibility index (Phi) is 4.54. The molecule has 5 rings (SSSR count). The van der Waals surface area contributed by atoms with Gasteiger partial charge in [-0.2, -0.15) is 9.61 Å². The van der Waals surface area contributed by atoms with Gasteiger partial charge >= 0.3 is 5.69 Å². The number of aromatic amines is 2. The zero-order valence-electron chi connectivity index (χ0n) is 16.3. The number of amides is 1. The van der Waals surface area contributed by atoms with E-state index in [2.05, 4.69) is 30.4 Å². The number of fused-ring (bicyclic) bond motifs is 1. The van der Waals surface area contributed by atoms with Crippen LogP contribution in [0.1, 0.15) is 28.9 Å². The smallest absolute Gasteiger partial charge is 0.326 e. The molecule has 0 radical (unpaired) electrons. The first-order chi connectivity index (χ1) is 15.4. The number of carbonyl (C=O) groups excluding carboxylic acids is 1. The molecule has 0 atom stereocenters. The second-order valence-corrected chi connectivity index (χ2v) is 7.26. The second kappa shape index (κ2) is 7.41. The summed E-state index contributed by atoms with van der Waals surface area (Å²) in [5.41, 5.74) is -0.113. The fourth-order valence-corrected chi connectivity index (χ4v) is 3.12. The van der Waals surface area contributed by atoms with Crippen molar-refractivity contribution in [3.05, 3.63) is 74.5 Å². The quantitative estimate of drug-likeness (QED) is 0.369. The van der Waals surface area contributed by atoms with Crippen LogP contribution in [0.2, 0.25) is 0 Å². The van der Waals surface area contributed by atoms with Crippen LogP contribution in [-0.4, -0.2) is 41.6 Å². The molecule has 1 fully saturated rings. The summed E-state index contributed by atoms with van der Waals surface area (Å²) in [5.74, 6) is -2.89. The number of imidazole rings is 1. The van der Waals surface area contributed by atoms with Crippen LogP contribution >= 0.6 is 0 Å². The van der Waals surface area contributed by atoms with Crippen LogP contribution in [0.4, 0.5) is 14.6 Å². The van der Waals surface area contributed by atoms with Crippen LogP contribution in [0.5, 0.6) is 5.88 Å². The van der Waals surface area contributed by atoms with Gasteiger partial charge in [-0.3, -0.25) is 14.8 Å². The minimum atomic E-state index is -1.00. The van der Waals surface area contributed by atoms with Crippen LogP contribution in [0.15, 0.2) is 40.2 Å². The van der Waals surface area contributed by atoms with Crippen molar-refractivity contribution >= 4 is 23.4 Å². The van der Waals surface area contributed by atoms with E-state index in [1.807, 2.05) is 0 Å². The monoisotopic (exact) mass is 439 g/mol. The third-order valence-corrected chi connectivity index (χ3v) is 4.79. The first kappa shape index (κ1) is 19.6. The molecule has 0 saturated heterocycles. The van der Waals surface area contributed by atoms with Crippen molar-refractivity contribution in [3.63, 3.8) is 0 Å². The largest absolute Gasteiger partial charge is 0.493 e. The van der Waals surface area contributed by atoms with E-state index in [1.165, 1.54) is 22.9 Å². The van der Waals surface area contributed by atoms with Gasteiger partial charge in [0.1, 0.15) is 23.1 Å². The van der Waals surface area contributed by atoms with E-state index >= 15 is 0 Å². The van der Waals surface area contributed by atoms with Gasteiger partial charge in [0.15, 0.2) is 11.1 Å². The summed E-state index contributed by atoms with van der Waals surface area (Å²) in [6.07, 6.45) is 4.76. The highest BCUT2D eigenvalue weighted by atomic mass is 19.1. The van der Waals surface area contributed by atoms with E-state index in [-0.39, 0.29) is 34.6 Å². The van der Waals surface area contributed by atoms with Gasteiger partial charge in [0.25, 0.3) is 5.91 Å². The molecule has 4 N–H and O–H groups in total. The lowest BCUT2D eigenvalue weighted by atomic mass is 10.2. The number of nitrogens with one attached hydrogen (secondary N) is 3. The minimum Gasteiger partial charge on any atom is -0.493 e. The molecule has 4 aromatic rings. The van der Waals surface area contributed by atoms with Gasteiger partial charge < -0.3 is 15.4 Å². The number of benzene rings is 1. The summed E-state index contributed by atoms with van der Waals surface area (Å²) in [6, 6.07) is 4.26. The maximum Gasteiger partial charge on any atom is 0.326 e. The number of halogens is 2. The molecule has 162 valence electrons. The lowest BCUT2D eigenvalue weighted by Gasteiger charge is -2.06. The number of carbonyl (C=O) groups is 1. The molecule has 0 bridgehead atoms. The summed E-state index contributed by atoms with van der Waals surface area (Å²) in [7, 11) is 0. The van der Waals surface area contributed by atoms with Crippen molar-refractivity contribution in [2.45, 2.75) is 18.9 Å². The fourth-order valence-electron chi connectivity index (χ4n) is 3.12. The Hall–Kier alpha value is -4.35. The topological polar surface area (TPSA) is 141 Å². The number of nitrogens with zero attached hydrogens (tertiary/aromatic N) is 4. The highest BCUT2D eigenvalue weighted by Crippen LogP contribution is 2.22. The Labute approximate surface area is 177 Å². The molecule has 0 aliphatic heterocycles. The van der Waals surface area contributed by atoms with Crippen LogP contribution < -0.4 is 21.7 Å². The van der Waals surface area contributed by atoms with Crippen LogP contribution in [0.25, 0.3) is 11.7 Å². The van der Waals surface area contributed by atoms with Crippen molar-refractivity contribution in [2.24, 2.45) is 4.99 Å². The Bertz CT molecular complexity index is 1550. The molecule has 0 spiro atoms. The van der Waals surface area contributed by atoms with E-state index in [4.69, 9.17) is 0 Å². The van der Waals surface area contributed by atoms with Gasteiger partial charge in [0, 0.05) is 17.4 Å². The molecule has 1 aliphatic carbocycles. The van der Waals surface area contributed by atoms with Gasteiger partial charge in [0.05, 0.1) is 17.8 Å². The number of H-pyrrole nitrogens is 2. The van der Waals surface area contributed by atoms with E-state index in [1.54, 1.807) is 0 Å². The highest BCUT2D eigenvalue weighted by Gasteiger charge is 2.21. The van der Waals surface area contributed by atoms with Gasteiger partial charge in [-0.1, -0.05) is 0 Å². The first-order valence-corrected chi connectivity index (χ1v) is 9.59. The number of aromatic hydroxyl groups is 1. The molecule has 1 aliphatic rings. The van der Waals surface area contributed by atoms with Gasteiger partial charge in [0.2, 0.25) is 5.88 Å². The summed E-state index contributed by atoms with van der Waals surface area (Å²) >= 11 is 0. The summed E-state index contributed by atoms with van der Waals surface area (Å²) in [4.78, 5) is 37.5. The van der Waals surface area contributed by atoms with Crippen LogP contribution in [-0.2, 0) is 0 Å². The maximum atomic E-state index is 14.0. The second-order valence-electron chi connectivity index (χ2n) is 7.26. The van der Waals surface area contributed by atoms with Crippen LogP contribution in [0.3, 0.4) is 0 Å². The predicted molar refractivity (Wildman–Crippen MR) is 108 cm³/mol. The Morgan fingerprint density at radius 3 is 2.78 bits per heavy atom. The first-order valence-electron chi connectivity index (χ1n) is 9.59. The molecule has 1 aromatic carbocycles. The minimum absolute atomic E-state index is 0.0764. The van der Waals surface area contributed by atoms with Crippen molar-refractivity contribution in [2.75, 3.05) is 5.32 Å². The molecule has 32 heavy (non-hydrogen) atoms. The number of hydrogen-bond donors (Lipinski definition) is 4. The number of hydrogen-bond acceptors (Lipinski definition) is 6. The molecule has 1 amide bonds. The van der Waals surface area contributed by atoms with Crippen LogP contribution in [0, 0.1) is 11.6 Å². The lowest BCUT2D eigenvalue weighted by molar-refractivity contribution is 0.102. The maximum absolute atomic E-state index is 14.0. The third-order valence-electron chi connectivity index (χ3n) is 4.79. The van der Waals surface area contributed by atoms with Crippen molar-refractivity contribution in [1.82, 2.24) is 24.6 Å². The molecule has 1 saturated carbocycles. The molecular formula is C20H15F2N7O3. The number of anilines is 1. The highest BCUT2D eigenvalue weighted by molar-refractivity contribution is 6.04. The fraction of sp³-hybridized carbons (Fsp3) is 0.150. The third kappa shape index (κ3) is 3.73. The molecule has 3 aromatic heterocycles. The molecule has 10 nitrogen and oxygen atoms in total. The zero-order valence-corrected chi connectivity index (χ0v) is 16.3. The van der Waals surface area contributed by atoms with E-state index < -0.39 is 23.2 Å². The standard InChI is InChI=1S/C20H15F2N7O3/c21-10-1-4-12(13(22)6-10)18(30)27-15-7-16(24-11-2-3-11)29-17(26-15)9(8-23-29)5-14-19(31)28-20(32)25-14/h1,4-8,11,31H,2-3H2,(H,27,30)(H2,25,28,32)/b9-5+,24-16?. The summed E-state index contributed by atoms with van der Waals surface area (Å²) in [5, 5.41) is 17.0. The average molecular weight is 439 g/mol. The Balaban J connectivity index is 1.62. The molecule has 12 heteroatoms. The van der Waals surface area contributed by atoms with Gasteiger partial charge in [-0.05, 0) is 31.1 Å². The normalized spacial score (nSPS) is 14.9. The van der Waals surface area contributed by atoms with Crippen molar-refractivity contribution < 1.29 is 18.7 Å².